The minimum atomic E-state index is -0.263. The highest BCUT2D eigenvalue weighted by atomic mass is 16.3. The molecule has 0 amide bonds. The average molecular weight is 162 g/mol. The van der Waals surface area contributed by atoms with Crippen LogP contribution in [0.3, 0.4) is 0 Å². The van der Waals surface area contributed by atoms with Crippen molar-refractivity contribution in [1.29, 1.82) is 0 Å². The molecule has 12 heavy (non-hydrogen) atoms. The largest absolute Gasteiger partial charge is 0.395 e. The summed E-state index contributed by atoms with van der Waals surface area (Å²) < 4.78 is 0. The van der Waals surface area contributed by atoms with Gasteiger partial charge in [0.1, 0.15) is 5.78 Å². The van der Waals surface area contributed by atoms with Crippen molar-refractivity contribution in [3.05, 3.63) is 35.4 Å². The van der Waals surface area contributed by atoms with Crippen LogP contribution >= 0.6 is 0 Å². The number of rotatable bonds is 1. The van der Waals surface area contributed by atoms with Crippen molar-refractivity contribution < 1.29 is 9.90 Å². The molecule has 0 aromatic heterocycles. The smallest absolute Gasteiger partial charge is 0.147 e. The van der Waals surface area contributed by atoms with Gasteiger partial charge >= 0.3 is 0 Å². The molecule has 0 radical (unpaired) electrons. The number of carbonyl (C=O) groups is 1. The first-order valence-corrected chi connectivity index (χ1v) is 4.04. The summed E-state index contributed by atoms with van der Waals surface area (Å²) in [5.74, 6) is -0.125. The molecule has 2 nitrogen and oxygen atoms in total. The Labute approximate surface area is 70.8 Å². The van der Waals surface area contributed by atoms with Crippen molar-refractivity contribution in [2.24, 2.45) is 0 Å². The predicted molar refractivity (Wildman–Crippen MR) is 45.0 cm³/mol. The van der Waals surface area contributed by atoms with E-state index in [2.05, 4.69) is 0 Å². The van der Waals surface area contributed by atoms with Crippen LogP contribution in [0, 0.1) is 0 Å². The van der Waals surface area contributed by atoms with Gasteiger partial charge < -0.3 is 5.11 Å². The third-order valence-corrected chi connectivity index (χ3v) is 2.37. The Balaban J connectivity index is 2.47. The number of aliphatic hydroxyl groups is 1. The van der Waals surface area contributed by atoms with Gasteiger partial charge in [0.05, 0.1) is 12.5 Å². The maximum atomic E-state index is 11.3. The van der Waals surface area contributed by atoms with Crippen molar-refractivity contribution in [3.63, 3.8) is 0 Å². The Hall–Kier alpha value is -1.15. The predicted octanol–water partition coefficient (Wildman–Crippen LogP) is 0.888. The van der Waals surface area contributed by atoms with Crippen LogP contribution in [0.2, 0.25) is 0 Å². The molecule has 2 rings (SSSR count). The fourth-order valence-corrected chi connectivity index (χ4v) is 1.72. The monoisotopic (exact) mass is 162 g/mol. The lowest BCUT2D eigenvalue weighted by Gasteiger charge is -2.04. The molecule has 1 aliphatic carbocycles. The van der Waals surface area contributed by atoms with E-state index < -0.39 is 0 Å². The molecule has 1 aromatic carbocycles. The van der Waals surface area contributed by atoms with Crippen LogP contribution in [-0.4, -0.2) is 17.5 Å². The Kier molecular flexibility index (Phi) is 1.70. The number of Topliss-reactive ketones (excluding diaryl/α,β-unsaturated/α-hetero) is 1. The van der Waals surface area contributed by atoms with Gasteiger partial charge in [0.2, 0.25) is 0 Å². The van der Waals surface area contributed by atoms with E-state index in [1.54, 1.807) is 0 Å². The van der Waals surface area contributed by atoms with Crippen LogP contribution in [0.5, 0.6) is 0 Å². The number of carbonyl (C=O) groups excluding carboxylic acids is 1. The van der Waals surface area contributed by atoms with E-state index >= 15 is 0 Å². The molecule has 0 heterocycles. The van der Waals surface area contributed by atoms with Crippen LogP contribution in [0.15, 0.2) is 24.3 Å². The topological polar surface area (TPSA) is 37.3 Å². The third-order valence-electron chi connectivity index (χ3n) is 2.37. The van der Waals surface area contributed by atoms with Gasteiger partial charge in [0.25, 0.3) is 0 Å². The molecule has 0 bridgehead atoms. The zero-order valence-corrected chi connectivity index (χ0v) is 6.66. The van der Waals surface area contributed by atoms with Crippen molar-refractivity contribution >= 4 is 5.78 Å². The van der Waals surface area contributed by atoms with Crippen molar-refractivity contribution in [3.8, 4) is 0 Å². The van der Waals surface area contributed by atoms with Crippen LogP contribution < -0.4 is 0 Å². The molecule has 0 saturated carbocycles. The lowest BCUT2D eigenvalue weighted by Crippen LogP contribution is -2.09. The van der Waals surface area contributed by atoms with Crippen LogP contribution in [0.4, 0.5) is 0 Å². The van der Waals surface area contributed by atoms with Gasteiger partial charge in [0.15, 0.2) is 0 Å². The zero-order valence-electron chi connectivity index (χ0n) is 6.66. The number of fused-ring (bicyclic) bond motifs is 1. The molecule has 2 heteroatoms. The fourth-order valence-electron chi connectivity index (χ4n) is 1.72. The summed E-state index contributed by atoms with van der Waals surface area (Å²) in [5, 5.41) is 8.96. The van der Waals surface area contributed by atoms with E-state index in [0.717, 1.165) is 11.1 Å². The molecule has 0 aliphatic heterocycles. The van der Waals surface area contributed by atoms with Gasteiger partial charge in [-0.3, -0.25) is 4.79 Å². The number of hydrogen-bond acceptors (Lipinski definition) is 2. The van der Waals surface area contributed by atoms with Gasteiger partial charge in [-0.15, -0.1) is 0 Å². The van der Waals surface area contributed by atoms with E-state index in [0.29, 0.717) is 6.42 Å². The third kappa shape index (κ3) is 0.959. The summed E-state index contributed by atoms with van der Waals surface area (Å²) in [5.41, 5.74) is 2.08. The first-order valence-electron chi connectivity index (χ1n) is 4.04. The first kappa shape index (κ1) is 7.50. The first-order chi connectivity index (χ1) is 5.83. The minimum Gasteiger partial charge on any atom is -0.395 e. The molecule has 1 aromatic rings. The fraction of sp³-hybridized carbons (Fsp3) is 0.300. The molecule has 1 atom stereocenters. The van der Waals surface area contributed by atoms with Gasteiger partial charge in [0, 0.05) is 6.42 Å². The van der Waals surface area contributed by atoms with Crippen molar-refractivity contribution in [1.82, 2.24) is 0 Å². The average Bonchev–Trinajstić information content (AvgIpc) is 2.40. The maximum absolute atomic E-state index is 11.3. The molecular weight excluding hydrogens is 152 g/mol. The Morgan fingerprint density at radius 2 is 2.17 bits per heavy atom. The highest BCUT2D eigenvalue weighted by Crippen LogP contribution is 2.29. The second-order valence-electron chi connectivity index (χ2n) is 3.08. The lowest BCUT2D eigenvalue weighted by atomic mass is 10.0. The number of ketones is 1. The Morgan fingerprint density at radius 1 is 1.42 bits per heavy atom. The highest BCUT2D eigenvalue weighted by molar-refractivity contribution is 5.92. The quantitative estimate of drug-likeness (QED) is 0.665. The summed E-state index contributed by atoms with van der Waals surface area (Å²) in [6.07, 6.45) is 0.487. The van der Waals surface area contributed by atoms with E-state index in [-0.39, 0.29) is 18.3 Å². The molecular formula is C10H10O2. The second-order valence-corrected chi connectivity index (χ2v) is 3.08. The molecule has 1 aliphatic rings. The van der Waals surface area contributed by atoms with Crippen molar-refractivity contribution in [2.75, 3.05) is 6.61 Å². The van der Waals surface area contributed by atoms with Crippen molar-refractivity contribution in [2.45, 2.75) is 12.3 Å². The SMILES string of the molecule is O=C1Cc2ccccc2C1CO. The second kappa shape index (κ2) is 2.72. The normalized spacial score (nSPS) is 21.1. The number of hydrogen-bond donors (Lipinski definition) is 1. The highest BCUT2D eigenvalue weighted by Gasteiger charge is 2.28. The summed E-state index contributed by atoms with van der Waals surface area (Å²) in [6, 6.07) is 7.69. The molecule has 62 valence electrons. The Morgan fingerprint density at radius 3 is 2.92 bits per heavy atom. The molecule has 1 N–H and O–H groups in total. The molecule has 1 unspecified atom stereocenters. The maximum Gasteiger partial charge on any atom is 0.147 e. The summed E-state index contributed by atoms with van der Waals surface area (Å²) in [6.45, 7) is -0.0597. The number of benzene rings is 1. The van der Waals surface area contributed by atoms with E-state index in [9.17, 15) is 4.79 Å². The minimum absolute atomic E-state index is 0.0597. The van der Waals surface area contributed by atoms with E-state index in [1.165, 1.54) is 0 Å². The standard InChI is InChI=1S/C10H10O2/c11-6-9-8-4-2-1-3-7(8)5-10(9)12/h1-4,9,11H,5-6H2. The van der Waals surface area contributed by atoms with Gasteiger partial charge in [-0.05, 0) is 11.1 Å². The summed E-state index contributed by atoms with van der Waals surface area (Å²) in [4.78, 5) is 11.3. The number of aliphatic hydroxyl groups excluding tert-OH is 1. The van der Waals surface area contributed by atoms with Gasteiger partial charge in [-0.25, -0.2) is 0 Å². The van der Waals surface area contributed by atoms with Crippen LogP contribution in [0.1, 0.15) is 17.0 Å². The summed E-state index contributed by atoms with van der Waals surface area (Å²) in [7, 11) is 0. The van der Waals surface area contributed by atoms with Crippen LogP contribution in [0.25, 0.3) is 0 Å². The van der Waals surface area contributed by atoms with Gasteiger partial charge in [-0.2, -0.15) is 0 Å². The zero-order chi connectivity index (χ0) is 8.55. The summed E-state index contributed by atoms with van der Waals surface area (Å²) >= 11 is 0. The van der Waals surface area contributed by atoms with Crippen LogP contribution in [-0.2, 0) is 11.2 Å². The molecule has 0 fully saturated rings. The lowest BCUT2D eigenvalue weighted by molar-refractivity contribution is -0.119. The Bertz CT molecular complexity index is 317. The van der Waals surface area contributed by atoms with E-state index in [4.69, 9.17) is 5.11 Å². The molecule has 0 saturated heterocycles. The van der Waals surface area contributed by atoms with E-state index in [1.807, 2.05) is 24.3 Å². The molecule has 0 spiro atoms. The van der Waals surface area contributed by atoms with Gasteiger partial charge in [-0.1, -0.05) is 24.3 Å².